The zero-order valence-corrected chi connectivity index (χ0v) is 10.7. The van der Waals surface area contributed by atoms with Crippen molar-refractivity contribution in [3.63, 3.8) is 0 Å². The first kappa shape index (κ1) is 11.6. The first-order valence-corrected chi connectivity index (χ1v) is 6.27. The van der Waals surface area contributed by atoms with E-state index in [9.17, 15) is 5.26 Å². The number of rotatable bonds is 2. The maximum atomic E-state index is 9.19. The van der Waals surface area contributed by atoms with Crippen molar-refractivity contribution in [3.8, 4) is 11.8 Å². The molecule has 1 N–H and O–H groups in total. The van der Waals surface area contributed by atoms with E-state index in [1.165, 1.54) is 0 Å². The predicted octanol–water partition coefficient (Wildman–Crippen LogP) is 3.41. The van der Waals surface area contributed by atoms with Crippen LogP contribution in [0.15, 0.2) is 42.5 Å². The van der Waals surface area contributed by atoms with Crippen molar-refractivity contribution in [2.24, 2.45) is 0 Å². The second-order valence-corrected chi connectivity index (χ2v) is 4.66. The summed E-state index contributed by atoms with van der Waals surface area (Å²) in [4.78, 5) is 0. The summed E-state index contributed by atoms with van der Waals surface area (Å²) in [6.07, 6.45) is 0. The molecular weight excluding hydrogens is 236 g/mol. The summed E-state index contributed by atoms with van der Waals surface area (Å²) in [5.41, 5.74) is 3.79. The van der Waals surface area contributed by atoms with Gasteiger partial charge in [0.25, 0.3) is 0 Å². The number of nitrogens with zero attached hydrogens (tertiary/aromatic N) is 1. The van der Waals surface area contributed by atoms with Gasteiger partial charge in [-0.05, 0) is 24.6 Å². The second kappa shape index (κ2) is 4.66. The average Bonchev–Trinajstić information content (AvgIpc) is 2.84. The van der Waals surface area contributed by atoms with Gasteiger partial charge in [0.15, 0.2) is 0 Å². The Morgan fingerprint density at radius 3 is 2.89 bits per heavy atom. The summed E-state index contributed by atoms with van der Waals surface area (Å²) in [6.45, 7) is 2.60. The molecule has 3 rings (SSSR count). The fourth-order valence-electron chi connectivity index (χ4n) is 2.41. The van der Waals surface area contributed by atoms with Crippen LogP contribution in [0.25, 0.3) is 0 Å². The van der Waals surface area contributed by atoms with Crippen molar-refractivity contribution < 1.29 is 4.74 Å². The fourth-order valence-corrected chi connectivity index (χ4v) is 2.41. The normalized spacial score (nSPS) is 16.3. The van der Waals surface area contributed by atoms with Crippen LogP contribution in [-0.2, 0) is 0 Å². The Morgan fingerprint density at radius 2 is 2.05 bits per heavy atom. The third-order valence-electron chi connectivity index (χ3n) is 3.41. The Balaban J connectivity index is 1.94. The lowest BCUT2D eigenvalue weighted by Gasteiger charge is -2.16. The van der Waals surface area contributed by atoms with E-state index in [2.05, 4.69) is 17.5 Å². The van der Waals surface area contributed by atoms with Crippen molar-refractivity contribution in [1.82, 2.24) is 0 Å². The predicted molar refractivity (Wildman–Crippen MR) is 74.2 cm³/mol. The zero-order valence-electron chi connectivity index (χ0n) is 10.7. The van der Waals surface area contributed by atoms with Gasteiger partial charge >= 0.3 is 0 Å². The molecule has 2 aromatic rings. The lowest BCUT2D eigenvalue weighted by molar-refractivity contribution is 0.340. The molecule has 0 saturated carbocycles. The molecule has 94 valence electrons. The molecule has 0 aromatic heterocycles. The first-order valence-electron chi connectivity index (χ1n) is 6.27. The molecule has 0 amide bonds. The first-order chi connectivity index (χ1) is 9.29. The lowest BCUT2D eigenvalue weighted by atomic mass is 10.0. The molecule has 0 saturated heterocycles. The highest BCUT2D eigenvalue weighted by Gasteiger charge is 2.24. The highest BCUT2D eigenvalue weighted by Crippen LogP contribution is 2.35. The summed E-state index contributed by atoms with van der Waals surface area (Å²) in [5.74, 6) is 0.923. The minimum Gasteiger partial charge on any atom is -0.491 e. The van der Waals surface area contributed by atoms with Crippen LogP contribution in [0, 0.1) is 18.3 Å². The van der Waals surface area contributed by atoms with E-state index in [1.54, 1.807) is 0 Å². The van der Waals surface area contributed by atoms with Crippen LogP contribution in [0.5, 0.6) is 5.75 Å². The van der Waals surface area contributed by atoms with E-state index in [0.717, 1.165) is 22.6 Å². The number of hydrogen-bond donors (Lipinski definition) is 1. The largest absolute Gasteiger partial charge is 0.491 e. The van der Waals surface area contributed by atoms with E-state index >= 15 is 0 Å². The molecule has 0 aliphatic carbocycles. The minimum absolute atomic E-state index is 0.101. The molecule has 0 spiro atoms. The number of hydrogen-bond acceptors (Lipinski definition) is 3. The fraction of sp³-hybridized carbons (Fsp3) is 0.188. The average molecular weight is 250 g/mol. The van der Waals surface area contributed by atoms with Gasteiger partial charge < -0.3 is 10.1 Å². The van der Waals surface area contributed by atoms with Gasteiger partial charge in [-0.3, -0.25) is 0 Å². The molecule has 1 heterocycles. The molecule has 3 heteroatoms. The molecule has 0 fully saturated rings. The maximum absolute atomic E-state index is 9.19. The molecule has 1 aliphatic rings. The van der Waals surface area contributed by atoms with Gasteiger partial charge in [0.1, 0.15) is 18.4 Å². The van der Waals surface area contributed by atoms with Crippen molar-refractivity contribution in [3.05, 3.63) is 59.2 Å². The van der Waals surface area contributed by atoms with E-state index < -0.39 is 0 Å². The van der Waals surface area contributed by atoms with E-state index in [1.807, 2.05) is 43.3 Å². The van der Waals surface area contributed by atoms with Crippen molar-refractivity contribution in [1.29, 1.82) is 5.26 Å². The molecule has 1 aliphatic heterocycles. The van der Waals surface area contributed by atoms with Crippen molar-refractivity contribution >= 4 is 5.69 Å². The molecular formula is C16H14N2O. The maximum Gasteiger partial charge on any atom is 0.124 e. The van der Waals surface area contributed by atoms with Crippen LogP contribution in [0.2, 0.25) is 0 Å². The topological polar surface area (TPSA) is 45.0 Å². The van der Waals surface area contributed by atoms with Crippen LogP contribution in [0.1, 0.15) is 22.7 Å². The third kappa shape index (κ3) is 2.02. The Kier molecular flexibility index (Phi) is 2.85. The number of ether oxygens (including phenoxy) is 1. The van der Waals surface area contributed by atoms with Gasteiger partial charge in [-0.2, -0.15) is 5.26 Å². The highest BCUT2D eigenvalue weighted by molar-refractivity contribution is 5.63. The van der Waals surface area contributed by atoms with Gasteiger partial charge in [-0.15, -0.1) is 0 Å². The zero-order chi connectivity index (χ0) is 13.2. The second-order valence-electron chi connectivity index (χ2n) is 4.66. The van der Waals surface area contributed by atoms with Crippen LogP contribution >= 0.6 is 0 Å². The number of aryl methyl sites for hydroxylation is 1. The van der Waals surface area contributed by atoms with Gasteiger partial charge in [-0.25, -0.2) is 0 Å². The molecule has 0 bridgehead atoms. The standard InChI is InChI=1S/C16H14N2O/c1-11-5-4-6-12(9-17)16(11)18-14-10-19-15-8-3-2-7-13(14)15/h2-8,14,18H,10H2,1H3. The van der Waals surface area contributed by atoms with Crippen molar-refractivity contribution in [2.45, 2.75) is 13.0 Å². The summed E-state index contributed by atoms with van der Waals surface area (Å²) >= 11 is 0. The number of nitrogens with one attached hydrogen (secondary N) is 1. The summed E-state index contributed by atoms with van der Waals surface area (Å²) in [5, 5.41) is 12.6. The third-order valence-corrected chi connectivity index (χ3v) is 3.41. The van der Waals surface area contributed by atoms with Crippen LogP contribution in [0.3, 0.4) is 0 Å². The number of fused-ring (bicyclic) bond motifs is 1. The van der Waals surface area contributed by atoms with Crippen LogP contribution < -0.4 is 10.1 Å². The molecule has 2 aromatic carbocycles. The van der Waals surface area contributed by atoms with E-state index in [-0.39, 0.29) is 6.04 Å². The molecule has 1 atom stereocenters. The van der Waals surface area contributed by atoms with E-state index in [0.29, 0.717) is 12.2 Å². The number of benzene rings is 2. The van der Waals surface area contributed by atoms with Gasteiger partial charge in [-0.1, -0.05) is 30.3 Å². The monoisotopic (exact) mass is 250 g/mol. The van der Waals surface area contributed by atoms with E-state index in [4.69, 9.17) is 4.74 Å². The molecule has 3 nitrogen and oxygen atoms in total. The summed E-state index contributed by atoms with van der Waals surface area (Å²) in [6, 6.07) is 16.1. The Morgan fingerprint density at radius 1 is 1.21 bits per heavy atom. The Bertz CT molecular complexity index is 658. The molecule has 1 unspecified atom stereocenters. The number of anilines is 1. The van der Waals surface area contributed by atoms with Crippen molar-refractivity contribution in [2.75, 3.05) is 11.9 Å². The SMILES string of the molecule is Cc1cccc(C#N)c1NC1COc2ccccc21. The molecule has 19 heavy (non-hydrogen) atoms. The number of para-hydroxylation sites is 2. The van der Waals surface area contributed by atoms with Crippen LogP contribution in [0.4, 0.5) is 5.69 Å². The highest BCUT2D eigenvalue weighted by atomic mass is 16.5. The summed E-state index contributed by atoms with van der Waals surface area (Å²) in [7, 11) is 0. The Hall–Kier alpha value is -2.47. The van der Waals surface area contributed by atoms with Gasteiger partial charge in [0, 0.05) is 5.56 Å². The van der Waals surface area contributed by atoms with Gasteiger partial charge in [0.05, 0.1) is 17.3 Å². The van der Waals surface area contributed by atoms with Crippen LogP contribution in [-0.4, -0.2) is 6.61 Å². The Labute approximate surface area is 112 Å². The van der Waals surface area contributed by atoms with Gasteiger partial charge in [0.2, 0.25) is 0 Å². The minimum atomic E-state index is 0.101. The smallest absolute Gasteiger partial charge is 0.124 e. The lowest BCUT2D eigenvalue weighted by Crippen LogP contribution is -2.13. The number of nitriles is 1. The summed E-state index contributed by atoms with van der Waals surface area (Å²) < 4.78 is 5.65. The molecule has 0 radical (unpaired) electrons. The quantitative estimate of drug-likeness (QED) is 0.888.